The Balaban J connectivity index is 2.17. The van der Waals surface area contributed by atoms with Crippen LogP contribution in [0.5, 0.6) is 0 Å². The molecular formula is C12H21NO. The molecule has 1 unspecified atom stereocenters. The molecule has 14 heavy (non-hydrogen) atoms. The zero-order valence-corrected chi connectivity index (χ0v) is 9.52. The molecule has 1 aliphatic carbocycles. The third-order valence-corrected chi connectivity index (χ3v) is 3.93. The molecule has 1 spiro atoms. The van der Waals surface area contributed by atoms with Crippen molar-refractivity contribution in [2.75, 3.05) is 13.1 Å². The van der Waals surface area contributed by atoms with Crippen molar-refractivity contribution >= 4 is 5.78 Å². The minimum atomic E-state index is 0.159. The van der Waals surface area contributed by atoms with E-state index in [0.29, 0.717) is 17.1 Å². The predicted octanol–water partition coefficient (Wildman–Crippen LogP) is 1.99. The third-order valence-electron chi connectivity index (χ3n) is 3.93. The first-order valence-electron chi connectivity index (χ1n) is 5.69. The van der Waals surface area contributed by atoms with Crippen molar-refractivity contribution in [2.45, 2.75) is 40.0 Å². The molecule has 1 aliphatic heterocycles. The lowest BCUT2D eigenvalue weighted by molar-refractivity contribution is -0.155. The first-order chi connectivity index (χ1) is 6.46. The normalized spacial score (nSPS) is 31.6. The number of piperidine rings is 1. The Morgan fingerprint density at radius 1 is 1.29 bits per heavy atom. The van der Waals surface area contributed by atoms with Gasteiger partial charge < -0.3 is 5.32 Å². The van der Waals surface area contributed by atoms with Gasteiger partial charge in [-0.15, -0.1) is 0 Å². The van der Waals surface area contributed by atoms with Gasteiger partial charge in [-0.25, -0.2) is 0 Å². The van der Waals surface area contributed by atoms with Crippen molar-refractivity contribution in [3.05, 3.63) is 0 Å². The number of nitrogens with one attached hydrogen (secondary N) is 1. The highest BCUT2D eigenvalue weighted by molar-refractivity contribution is 5.89. The SMILES string of the molecule is CC(C)(C)C1C(=O)CC12CCNCC2. The average Bonchev–Trinajstić information content (AvgIpc) is 2.01. The van der Waals surface area contributed by atoms with Crippen LogP contribution in [0.4, 0.5) is 0 Å². The lowest BCUT2D eigenvalue weighted by Gasteiger charge is -2.55. The molecule has 0 amide bonds. The molecule has 1 saturated carbocycles. The minimum Gasteiger partial charge on any atom is -0.317 e. The lowest BCUT2D eigenvalue weighted by atomic mass is 9.48. The summed E-state index contributed by atoms with van der Waals surface area (Å²) in [5.74, 6) is 0.816. The van der Waals surface area contributed by atoms with Gasteiger partial charge in [0.25, 0.3) is 0 Å². The van der Waals surface area contributed by atoms with E-state index in [1.807, 2.05) is 0 Å². The van der Waals surface area contributed by atoms with Gasteiger partial charge in [0, 0.05) is 12.3 Å². The molecule has 1 heterocycles. The zero-order valence-electron chi connectivity index (χ0n) is 9.52. The van der Waals surface area contributed by atoms with Gasteiger partial charge >= 0.3 is 0 Å². The fourth-order valence-electron chi connectivity index (χ4n) is 3.55. The van der Waals surface area contributed by atoms with Crippen LogP contribution in [0.2, 0.25) is 0 Å². The number of Topliss-reactive ketones (excluding diaryl/α,β-unsaturated/α-hetero) is 1. The molecule has 0 radical (unpaired) electrons. The van der Waals surface area contributed by atoms with Crippen LogP contribution < -0.4 is 5.32 Å². The minimum absolute atomic E-state index is 0.159. The highest BCUT2D eigenvalue weighted by Crippen LogP contribution is 2.56. The van der Waals surface area contributed by atoms with Crippen molar-refractivity contribution in [1.29, 1.82) is 0 Å². The second kappa shape index (κ2) is 3.06. The zero-order chi connectivity index (χ0) is 10.4. The van der Waals surface area contributed by atoms with Crippen LogP contribution in [-0.4, -0.2) is 18.9 Å². The molecule has 80 valence electrons. The lowest BCUT2D eigenvalue weighted by Crippen LogP contribution is -2.58. The number of hydrogen-bond donors (Lipinski definition) is 1. The topological polar surface area (TPSA) is 29.1 Å². The molecule has 1 atom stereocenters. The summed E-state index contributed by atoms with van der Waals surface area (Å²) in [4.78, 5) is 11.7. The first kappa shape index (κ1) is 10.2. The highest BCUT2D eigenvalue weighted by atomic mass is 16.1. The van der Waals surface area contributed by atoms with Crippen molar-refractivity contribution in [1.82, 2.24) is 5.32 Å². The molecule has 2 rings (SSSR count). The van der Waals surface area contributed by atoms with Crippen molar-refractivity contribution in [2.24, 2.45) is 16.7 Å². The summed E-state index contributed by atoms with van der Waals surface area (Å²) < 4.78 is 0. The molecule has 2 heteroatoms. The van der Waals surface area contributed by atoms with Crippen LogP contribution in [0.3, 0.4) is 0 Å². The summed E-state index contributed by atoms with van der Waals surface area (Å²) in [6.07, 6.45) is 3.23. The van der Waals surface area contributed by atoms with Crippen molar-refractivity contribution in [3.8, 4) is 0 Å². The van der Waals surface area contributed by atoms with Gasteiger partial charge in [0.2, 0.25) is 0 Å². The Kier molecular flexibility index (Phi) is 2.22. The van der Waals surface area contributed by atoms with Crippen LogP contribution in [-0.2, 0) is 4.79 Å². The standard InChI is InChI=1S/C12H21NO/c1-11(2,3)10-9(14)8-12(10)4-6-13-7-5-12/h10,13H,4-8H2,1-3H3. The molecule has 0 aromatic carbocycles. The maximum atomic E-state index is 11.7. The maximum Gasteiger partial charge on any atom is 0.137 e. The third kappa shape index (κ3) is 1.40. The molecule has 0 aromatic heterocycles. The Morgan fingerprint density at radius 3 is 2.29 bits per heavy atom. The molecule has 1 saturated heterocycles. The second-order valence-electron chi connectivity index (χ2n) is 6.05. The Labute approximate surface area is 86.5 Å². The fraction of sp³-hybridized carbons (Fsp3) is 0.917. The largest absolute Gasteiger partial charge is 0.317 e. The van der Waals surface area contributed by atoms with Crippen LogP contribution in [0.1, 0.15) is 40.0 Å². The van der Waals surface area contributed by atoms with Gasteiger partial charge in [-0.1, -0.05) is 20.8 Å². The van der Waals surface area contributed by atoms with Gasteiger partial charge in [0.15, 0.2) is 0 Å². The van der Waals surface area contributed by atoms with Gasteiger partial charge in [-0.05, 0) is 36.8 Å². The molecular weight excluding hydrogens is 174 g/mol. The number of carbonyl (C=O) groups excluding carboxylic acids is 1. The van der Waals surface area contributed by atoms with Crippen LogP contribution >= 0.6 is 0 Å². The summed E-state index contributed by atoms with van der Waals surface area (Å²) >= 11 is 0. The van der Waals surface area contributed by atoms with E-state index in [4.69, 9.17) is 0 Å². The maximum absolute atomic E-state index is 11.7. The van der Waals surface area contributed by atoms with Gasteiger partial charge in [0.05, 0.1) is 0 Å². The van der Waals surface area contributed by atoms with E-state index in [0.717, 1.165) is 19.5 Å². The summed E-state index contributed by atoms with van der Waals surface area (Å²) in [6.45, 7) is 8.81. The van der Waals surface area contributed by atoms with Crippen LogP contribution in [0.15, 0.2) is 0 Å². The molecule has 0 aromatic rings. The predicted molar refractivity (Wildman–Crippen MR) is 57.1 cm³/mol. The Bertz CT molecular complexity index is 246. The summed E-state index contributed by atoms with van der Waals surface area (Å²) in [6, 6.07) is 0. The van der Waals surface area contributed by atoms with E-state index in [-0.39, 0.29) is 5.41 Å². The highest BCUT2D eigenvalue weighted by Gasteiger charge is 2.57. The number of carbonyl (C=O) groups is 1. The van der Waals surface area contributed by atoms with Crippen LogP contribution in [0, 0.1) is 16.7 Å². The smallest absolute Gasteiger partial charge is 0.137 e. The number of hydrogen-bond acceptors (Lipinski definition) is 2. The summed E-state index contributed by atoms with van der Waals surface area (Å²) in [5, 5.41) is 3.38. The van der Waals surface area contributed by atoms with E-state index >= 15 is 0 Å². The monoisotopic (exact) mass is 195 g/mol. The number of ketones is 1. The Morgan fingerprint density at radius 2 is 1.86 bits per heavy atom. The molecule has 2 aliphatic rings. The van der Waals surface area contributed by atoms with Gasteiger partial charge in [-0.2, -0.15) is 0 Å². The Hall–Kier alpha value is -0.370. The first-order valence-corrected chi connectivity index (χ1v) is 5.69. The van der Waals surface area contributed by atoms with Crippen molar-refractivity contribution < 1.29 is 4.79 Å². The molecule has 1 N–H and O–H groups in total. The molecule has 2 fully saturated rings. The van der Waals surface area contributed by atoms with E-state index in [1.165, 1.54) is 12.8 Å². The van der Waals surface area contributed by atoms with Crippen LogP contribution in [0.25, 0.3) is 0 Å². The van der Waals surface area contributed by atoms with E-state index in [2.05, 4.69) is 26.1 Å². The fourth-order valence-corrected chi connectivity index (χ4v) is 3.55. The van der Waals surface area contributed by atoms with E-state index in [1.54, 1.807) is 0 Å². The van der Waals surface area contributed by atoms with E-state index in [9.17, 15) is 4.79 Å². The molecule has 0 bridgehead atoms. The summed E-state index contributed by atoms with van der Waals surface area (Å²) in [7, 11) is 0. The van der Waals surface area contributed by atoms with Gasteiger partial charge in [-0.3, -0.25) is 4.79 Å². The number of rotatable bonds is 0. The van der Waals surface area contributed by atoms with E-state index < -0.39 is 0 Å². The summed E-state index contributed by atoms with van der Waals surface area (Å²) in [5.41, 5.74) is 0.521. The second-order valence-corrected chi connectivity index (χ2v) is 6.05. The average molecular weight is 195 g/mol. The molecule has 2 nitrogen and oxygen atoms in total. The van der Waals surface area contributed by atoms with Gasteiger partial charge in [0.1, 0.15) is 5.78 Å². The van der Waals surface area contributed by atoms with Crippen molar-refractivity contribution in [3.63, 3.8) is 0 Å². The quantitative estimate of drug-likeness (QED) is 0.640.